The van der Waals surface area contributed by atoms with E-state index in [9.17, 15) is 4.79 Å². The summed E-state index contributed by atoms with van der Waals surface area (Å²) in [5.41, 5.74) is 2.82. The van der Waals surface area contributed by atoms with Gasteiger partial charge in [0.25, 0.3) is 5.91 Å². The zero-order valence-electron chi connectivity index (χ0n) is 13.6. The molecule has 1 aliphatic rings. The van der Waals surface area contributed by atoms with E-state index in [1.807, 2.05) is 47.8 Å². The molecule has 122 valence electrons. The summed E-state index contributed by atoms with van der Waals surface area (Å²) in [5, 5.41) is 3.01. The molecule has 1 aliphatic heterocycles. The van der Waals surface area contributed by atoms with Gasteiger partial charge in [0.2, 0.25) is 0 Å². The van der Waals surface area contributed by atoms with E-state index >= 15 is 0 Å². The molecule has 0 aliphatic carbocycles. The maximum Gasteiger partial charge on any atom is 0.254 e. The van der Waals surface area contributed by atoms with E-state index in [0.29, 0.717) is 0 Å². The molecule has 1 atom stereocenters. The third-order valence-corrected chi connectivity index (χ3v) is 5.47. The predicted octanol–water partition coefficient (Wildman–Crippen LogP) is 4.02. The van der Waals surface area contributed by atoms with Gasteiger partial charge in [-0.3, -0.25) is 14.8 Å². The lowest BCUT2D eigenvalue weighted by Gasteiger charge is -2.32. The summed E-state index contributed by atoms with van der Waals surface area (Å²) >= 11 is 1.63. The molecule has 4 rings (SSSR count). The second-order valence-electron chi connectivity index (χ2n) is 6.34. The van der Waals surface area contributed by atoms with Crippen molar-refractivity contribution in [3.05, 3.63) is 58.2 Å². The van der Waals surface area contributed by atoms with Gasteiger partial charge in [0.15, 0.2) is 0 Å². The number of carbonyl (C=O) groups is 1. The van der Waals surface area contributed by atoms with Gasteiger partial charge in [-0.15, -0.1) is 11.3 Å². The number of fused-ring (bicyclic) bond motifs is 1. The largest absolute Gasteiger partial charge is 0.338 e. The third kappa shape index (κ3) is 2.91. The number of aryl methyl sites for hydroxylation is 1. The van der Waals surface area contributed by atoms with E-state index in [4.69, 9.17) is 0 Å². The van der Waals surface area contributed by atoms with Gasteiger partial charge in [-0.2, -0.15) is 0 Å². The molecule has 0 aromatic carbocycles. The second-order valence-corrected chi connectivity index (χ2v) is 7.46. The van der Waals surface area contributed by atoms with Gasteiger partial charge in [-0.1, -0.05) is 0 Å². The van der Waals surface area contributed by atoms with Crippen molar-refractivity contribution in [3.63, 3.8) is 0 Å². The van der Waals surface area contributed by atoms with Crippen LogP contribution in [0.1, 0.15) is 39.7 Å². The molecule has 1 unspecified atom stereocenters. The fourth-order valence-corrected chi connectivity index (χ4v) is 4.02. The van der Waals surface area contributed by atoms with Crippen molar-refractivity contribution in [1.29, 1.82) is 0 Å². The van der Waals surface area contributed by atoms with Crippen LogP contribution in [0.2, 0.25) is 0 Å². The van der Waals surface area contributed by atoms with Crippen molar-refractivity contribution >= 4 is 28.1 Å². The Morgan fingerprint density at radius 3 is 3.08 bits per heavy atom. The van der Waals surface area contributed by atoms with Crippen LogP contribution in [0.3, 0.4) is 0 Å². The number of carbonyl (C=O) groups excluding carboxylic acids is 1. The highest BCUT2D eigenvalue weighted by molar-refractivity contribution is 7.10. The maximum absolute atomic E-state index is 12.7. The van der Waals surface area contributed by atoms with E-state index in [0.717, 1.165) is 48.1 Å². The number of hydrogen-bond acceptors (Lipinski definition) is 4. The third-order valence-electron chi connectivity index (χ3n) is 4.61. The summed E-state index contributed by atoms with van der Waals surface area (Å²) in [7, 11) is 0. The van der Waals surface area contributed by atoms with Crippen LogP contribution in [0.15, 0.2) is 42.0 Å². The van der Waals surface area contributed by atoms with E-state index in [2.05, 4.69) is 16.0 Å². The first-order valence-corrected chi connectivity index (χ1v) is 9.14. The van der Waals surface area contributed by atoms with Gasteiger partial charge in [-0.05, 0) is 44.0 Å². The average molecular weight is 337 g/mol. The van der Waals surface area contributed by atoms with Crippen molar-refractivity contribution in [2.24, 2.45) is 0 Å². The molecular weight excluding hydrogens is 318 g/mol. The van der Waals surface area contributed by atoms with Crippen LogP contribution in [-0.4, -0.2) is 33.9 Å². The molecule has 3 aromatic rings. The Morgan fingerprint density at radius 1 is 1.33 bits per heavy atom. The van der Waals surface area contributed by atoms with Crippen LogP contribution >= 0.6 is 11.3 Å². The van der Waals surface area contributed by atoms with Gasteiger partial charge in [0.1, 0.15) is 0 Å². The first-order chi connectivity index (χ1) is 11.7. The van der Waals surface area contributed by atoms with Gasteiger partial charge in [-0.25, -0.2) is 0 Å². The minimum absolute atomic E-state index is 0.142. The van der Waals surface area contributed by atoms with Crippen LogP contribution < -0.4 is 0 Å². The Kier molecular flexibility index (Phi) is 4.02. The molecule has 0 spiro atoms. The van der Waals surface area contributed by atoms with E-state index in [1.165, 1.54) is 4.88 Å². The Bertz CT molecular complexity index is 889. The van der Waals surface area contributed by atoms with Crippen molar-refractivity contribution in [3.8, 4) is 0 Å². The molecule has 4 nitrogen and oxygen atoms in total. The summed E-state index contributed by atoms with van der Waals surface area (Å²) < 4.78 is 0. The van der Waals surface area contributed by atoms with Gasteiger partial charge >= 0.3 is 0 Å². The smallest absolute Gasteiger partial charge is 0.254 e. The number of amides is 1. The van der Waals surface area contributed by atoms with Gasteiger partial charge in [0.05, 0.1) is 11.1 Å². The molecule has 0 N–H and O–H groups in total. The number of pyridine rings is 2. The van der Waals surface area contributed by atoms with Crippen LogP contribution in [-0.2, 0) is 0 Å². The Balaban J connectivity index is 1.56. The van der Waals surface area contributed by atoms with Crippen molar-refractivity contribution < 1.29 is 4.79 Å². The van der Waals surface area contributed by atoms with E-state index < -0.39 is 0 Å². The van der Waals surface area contributed by atoms with Gasteiger partial charge < -0.3 is 4.90 Å². The molecule has 1 amide bonds. The number of piperidine rings is 1. The standard InChI is InChI=1S/C19H19N3OS/c1-13-8-16(12-24-13)19(23)22-7-3-5-15(11-22)18-9-17-14(10-21-18)4-2-6-20-17/h2,4,6,8-10,12,15H,3,5,7,11H2,1H3. The molecule has 0 radical (unpaired) electrons. The molecule has 3 aromatic heterocycles. The fourth-order valence-electron chi connectivity index (χ4n) is 3.35. The lowest BCUT2D eigenvalue weighted by Crippen LogP contribution is -2.39. The summed E-state index contributed by atoms with van der Waals surface area (Å²) in [5.74, 6) is 0.428. The Hall–Kier alpha value is -2.27. The lowest BCUT2D eigenvalue weighted by atomic mass is 9.93. The van der Waals surface area contributed by atoms with Crippen molar-refractivity contribution in [1.82, 2.24) is 14.9 Å². The molecule has 4 heterocycles. The van der Waals surface area contributed by atoms with Crippen molar-refractivity contribution in [2.75, 3.05) is 13.1 Å². The topological polar surface area (TPSA) is 46.1 Å². The van der Waals surface area contributed by atoms with Crippen LogP contribution in [0.25, 0.3) is 10.9 Å². The average Bonchev–Trinajstić information content (AvgIpc) is 3.07. The molecule has 1 saturated heterocycles. The normalized spacial score (nSPS) is 18.0. The van der Waals surface area contributed by atoms with Crippen molar-refractivity contribution in [2.45, 2.75) is 25.7 Å². The Morgan fingerprint density at radius 2 is 2.25 bits per heavy atom. The molecule has 0 saturated carbocycles. The van der Waals surface area contributed by atoms with Crippen LogP contribution in [0.4, 0.5) is 0 Å². The molecular formula is C19H19N3OS. The minimum atomic E-state index is 0.142. The molecule has 24 heavy (non-hydrogen) atoms. The molecule has 5 heteroatoms. The quantitative estimate of drug-likeness (QED) is 0.709. The van der Waals surface area contributed by atoms with Crippen LogP contribution in [0.5, 0.6) is 0 Å². The number of rotatable bonds is 2. The monoisotopic (exact) mass is 337 g/mol. The van der Waals surface area contributed by atoms with E-state index in [-0.39, 0.29) is 11.8 Å². The van der Waals surface area contributed by atoms with E-state index in [1.54, 1.807) is 11.3 Å². The number of likely N-dealkylation sites (tertiary alicyclic amines) is 1. The number of aromatic nitrogens is 2. The Labute approximate surface area is 145 Å². The zero-order valence-corrected chi connectivity index (χ0v) is 14.4. The highest BCUT2D eigenvalue weighted by Gasteiger charge is 2.26. The number of nitrogens with zero attached hydrogens (tertiary/aromatic N) is 3. The second kappa shape index (κ2) is 6.32. The maximum atomic E-state index is 12.7. The molecule has 1 fully saturated rings. The summed E-state index contributed by atoms with van der Waals surface area (Å²) in [6.45, 7) is 3.60. The predicted molar refractivity (Wildman–Crippen MR) is 96.5 cm³/mol. The summed E-state index contributed by atoms with van der Waals surface area (Å²) in [6.07, 6.45) is 5.78. The highest BCUT2D eigenvalue weighted by atomic mass is 32.1. The lowest BCUT2D eigenvalue weighted by molar-refractivity contribution is 0.0706. The molecule has 0 bridgehead atoms. The number of hydrogen-bond donors (Lipinski definition) is 0. The fraction of sp³-hybridized carbons (Fsp3) is 0.316. The summed E-state index contributed by atoms with van der Waals surface area (Å²) in [6, 6.07) is 8.00. The first-order valence-electron chi connectivity index (χ1n) is 8.26. The zero-order chi connectivity index (χ0) is 16.5. The minimum Gasteiger partial charge on any atom is -0.338 e. The van der Waals surface area contributed by atoms with Gasteiger partial charge in [0, 0.05) is 52.7 Å². The summed E-state index contributed by atoms with van der Waals surface area (Å²) in [4.78, 5) is 24.9. The first kappa shape index (κ1) is 15.3. The SMILES string of the molecule is Cc1cc(C(=O)N2CCCC(c3cc4ncccc4cn3)C2)cs1. The number of thiophene rings is 1. The van der Waals surface area contributed by atoms with Crippen LogP contribution in [0, 0.1) is 6.92 Å². The highest BCUT2D eigenvalue weighted by Crippen LogP contribution is 2.28.